The van der Waals surface area contributed by atoms with Gasteiger partial charge in [0.05, 0.1) is 11.1 Å². The van der Waals surface area contributed by atoms with Gasteiger partial charge in [-0.05, 0) is 43.5 Å². The van der Waals surface area contributed by atoms with Crippen LogP contribution in [0.4, 0.5) is 0 Å². The Kier molecular flexibility index (Phi) is 6.73. The topological polar surface area (TPSA) is 85.3 Å². The van der Waals surface area contributed by atoms with Crippen molar-refractivity contribution in [3.63, 3.8) is 0 Å². The first kappa shape index (κ1) is 22.5. The highest BCUT2D eigenvalue weighted by Gasteiger charge is 2.35. The molecule has 0 aliphatic heterocycles. The molecule has 0 unspecified atom stereocenters. The van der Waals surface area contributed by atoms with E-state index in [0.717, 1.165) is 42.3 Å². The maximum atomic E-state index is 13.4. The normalized spacial score (nSPS) is 16.2. The zero-order valence-electron chi connectivity index (χ0n) is 19.1. The zero-order chi connectivity index (χ0) is 23.3. The van der Waals surface area contributed by atoms with Crippen LogP contribution in [-0.2, 0) is 5.41 Å². The van der Waals surface area contributed by atoms with E-state index in [2.05, 4.69) is 34.0 Å². The van der Waals surface area contributed by atoms with Crippen LogP contribution in [0.3, 0.4) is 0 Å². The molecule has 2 heterocycles. The lowest BCUT2D eigenvalue weighted by molar-refractivity contribution is 0.0938. The van der Waals surface area contributed by atoms with Gasteiger partial charge in [0, 0.05) is 41.6 Å². The van der Waals surface area contributed by atoms with E-state index in [4.69, 9.17) is 5.73 Å². The van der Waals surface area contributed by atoms with Crippen LogP contribution in [0.5, 0.6) is 0 Å². The molecule has 1 aromatic carbocycles. The molecule has 1 fully saturated rings. The second kappa shape index (κ2) is 9.86. The lowest BCUT2D eigenvalue weighted by Crippen LogP contribution is -2.42. The minimum atomic E-state index is -0.107. The molecule has 0 atom stereocenters. The quantitative estimate of drug-likeness (QED) is 0.326. The molecule has 3 N–H and O–H groups in total. The first-order valence-electron chi connectivity index (χ1n) is 11.5. The number of carbonyl (C=O) groups excluding carboxylic acids is 1. The second-order valence-electron chi connectivity index (χ2n) is 8.71. The summed E-state index contributed by atoms with van der Waals surface area (Å²) < 4.78 is 1.75. The first-order chi connectivity index (χ1) is 16.0. The molecule has 3 aromatic rings. The van der Waals surface area contributed by atoms with Crippen LogP contribution in [0.15, 0.2) is 78.7 Å². The summed E-state index contributed by atoms with van der Waals surface area (Å²) in [6.07, 6.45) is 14.3. The molecule has 2 aromatic heterocycles. The van der Waals surface area contributed by atoms with E-state index in [9.17, 15) is 4.79 Å². The average molecular weight is 442 g/mol. The standard InChI is InChI=1S/C27H31N5O/c1-3-4-16-29-26(28)32-18-23(22-10-6-7-11-24(22)32)25(33)31-19-27(14-8-5-9-15-27)21-13-12-20(2)30-17-21/h3-4,6-7,10-13,16-18H,1,5,8-9,14-15,19H2,2H3,(H2,28,29)(H,31,33)/b16-4-. The third kappa shape index (κ3) is 4.75. The number of aryl methyl sites for hydroxylation is 1. The van der Waals surface area contributed by atoms with Crippen LogP contribution in [0.1, 0.15) is 53.7 Å². The molecule has 1 saturated carbocycles. The number of nitrogens with zero attached hydrogens (tertiary/aromatic N) is 3. The summed E-state index contributed by atoms with van der Waals surface area (Å²) in [7, 11) is 0. The highest BCUT2D eigenvalue weighted by atomic mass is 16.1. The lowest BCUT2D eigenvalue weighted by Gasteiger charge is -2.38. The number of allylic oxidation sites excluding steroid dienone is 2. The van der Waals surface area contributed by atoms with Crippen molar-refractivity contribution in [2.24, 2.45) is 10.7 Å². The Morgan fingerprint density at radius 3 is 2.76 bits per heavy atom. The van der Waals surface area contributed by atoms with E-state index >= 15 is 0 Å². The number of benzene rings is 1. The highest BCUT2D eigenvalue weighted by molar-refractivity contribution is 6.09. The fourth-order valence-corrected chi connectivity index (χ4v) is 4.71. The molecule has 0 spiro atoms. The van der Waals surface area contributed by atoms with Gasteiger partial charge < -0.3 is 11.1 Å². The zero-order valence-corrected chi connectivity index (χ0v) is 19.1. The van der Waals surface area contributed by atoms with Gasteiger partial charge in [0.25, 0.3) is 5.91 Å². The summed E-state index contributed by atoms with van der Waals surface area (Å²) in [6, 6.07) is 12.0. The number of rotatable bonds is 6. The summed E-state index contributed by atoms with van der Waals surface area (Å²) in [6.45, 7) is 6.22. The van der Waals surface area contributed by atoms with Gasteiger partial charge in [-0.3, -0.25) is 14.3 Å². The van der Waals surface area contributed by atoms with Crippen molar-refractivity contribution in [3.8, 4) is 0 Å². The van der Waals surface area contributed by atoms with Gasteiger partial charge in [0.1, 0.15) is 0 Å². The molecule has 1 amide bonds. The van der Waals surface area contributed by atoms with Crippen LogP contribution in [0, 0.1) is 6.92 Å². The summed E-state index contributed by atoms with van der Waals surface area (Å²) in [5.41, 5.74) is 9.76. The fourth-order valence-electron chi connectivity index (χ4n) is 4.71. The largest absolute Gasteiger partial charge is 0.369 e. The van der Waals surface area contributed by atoms with Gasteiger partial charge in [-0.15, -0.1) is 0 Å². The molecule has 6 nitrogen and oxygen atoms in total. The Labute approximate surface area is 194 Å². The first-order valence-corrected chi connectivity index (χ1v) is 11.5. The van der Waals surface area contributed by atoms with E-state index in [1.807, 2.05) is 37.4 Å². The SMILES string of the molecule is C=C/C=C\N=C(N)n1cc(C(=O)NCC2(c3ccc(C)nc3)CCCCC2)c2ccccc21. The number of para-hydroxylation sites is 1. The number of pyridine rings is 1. The van der Waals surface area contributed by atoms with Gasteiger partial charge in [-0.25, -0.2) is 4.99 Å². The minimum Gasteiger partial charge on any atom is -0.369 e. The van der Waals surface area contributed by atoms with E-state index in [0.29, 0.717) is 12.1 Å². The molecule has 0 radical (unpaired) electrons. The summed E-state index contributed by atoms with van der Waals surface area (Å²) in [4.78, 5) is 22.2. The maximum absolute atomic E-state index is 13.4. The number of aliphatic imine (C=N–C) groups is 1. The van der Waals surface area contributed by atoms with Crippen molar-refractivity contribution in [2.75, 3.05) is 6.54 Å². The average Bonchev–Trinajstić information content (AvgIpc) is 3.24. The predicted octanol–water partition coefficient (Wildman–Crippen LogP) is 4.84. The van der Waals surface area contributed by atoms with Gasteiger partial charge in [-0.2, -0.15) is 0 Å². The Hall–Kier alpha value is -3.67. The number of nitrogens with two attached hydrogens (primary N) is 1. The van der Waals surface area contributed by atoms with Crippen LogP contribution in [0.25, 0.3) is 10.9 Å². The second-order valence-corrected chi connectivity index (χ2v) is 8.71. The predicted molar refractivity (Wildman–Crippen MR) is 134 cm³/mol. The molecule has 4 rings (SSSR count). The molecular formula is C27H31N5O. The van der Waals surface area contributed by atoms with Gasteiger partial charge in [-0.1, -0.05) is 56.2 Å². The number of aromatic nitrogens is 2. The number of hydrogen-bond acceptors (Lipinski definition) is 3. The molecule has 170 valence electrons. The van der Waals surface area contributed by atoms with Crippen LogP contribution >= 0.6 is 0 Å². The molecule has 1 aliphatic carbocycles. The van der Waals surface area contributed by atoms with Crippen molar-refractivity contribution in [1.82, 2.24) is 14.9 Å². The van der Waals surface area contributed by atoms with Gasteiger partial charge in [0.2, 0.25) is 5.96 Å². The maximum Gasteiger partial charge on any atom is 0.253 e. The fraction of sp³-hybridized carbons (Fsp3) is 0.296. The van der Waals surface area contributed by atoms with Crippen LogP contribution < -0.4 is 11.1 Å². The summed E-state index contributed by atoms with van der Waals surface area (Å²) in [5.74, 6) is 0.183. The van der Waals surface area contributed by atoms with Crippen molar-refractivity contribution >= 4 is 22.8 Å². The molecule has 1 aliphatic rings. The number of amides is 1. The Morgan fingerprint density at radius 1 is 1.24 bits per heavy atom. The lowest BCUT2D eigenvalue weighted by atomic mass is 9.69. The van der Waals surface area contributed by atoms with E-state index < -0.39 is 0 Å². The van der Waals surface area contributed by atoms with Gasteiger partial charge >= 0.3 is 0 Å². The van der Waals surface area contributed by atoms with Crippen molar-refractivity contribution in [3.05, 3.63) is 90.5 Å². The molecule has 0 saturated heterocycles. The molecule has 33 heavy (non-hydrogen) atoms. The Bertz CT molecular complexity index is 1200. The Morgan fingerprint density at radius 2 is 2.03 bits per heavy atom. The third-order valence-corrected chi connectivity index (χ3v) is 6.55. The highest BCUT2D eigenvalue weighted by Crippen LogP contribution is 2.39. The minimum absolute atomic E-state index is 0.0804. The van der Waals surface area contributed by atoms with Crippen LogP contribution in [-0.4, -0.2) is 28.0 Å². The monoisotopic (exact) mass is 441 g/mol. The van der Waals surface area contributed by atoms with E-state index in [1.165, 1.54) is 12.0 Å². The van der Waals surface area contributed by atoms with Crippen molar-refractivity contribution in [1.29, 1.82) is 0 Å². The summed E-state index contributed by atoms with van der Waals surface area (Å²) >= 11 is 0. The molecule has 6 heteroatoms. The van der Waals surface area contributed by atoms with Crippen molar-refractivity contribution in [2.45, 2.75) is 44.4 Å². The Balaban J connectivity index is 1.62. The number of carbonyl (C=O) groups is 1. The number of fused-ring (bicyclic) bond motifs is 1. The van der Waals surface area contributed by atoms with E-state index in [-0.39, 0.29) is 17.3 Å². The van der Waals surface area contributed by atoms with E-state index in [1.54, 1.807) is 29.1 Å². The molecular weight excluding hydrogens is 410 g/mol. The number of nitrogens with one attached hydrogen (secondary N) is 1. The van der Waals surface area contributed by atoms with Crippen LogP contribution in [0.2, 0.25) is 0 Å². The van der Waals surface area contributed by atoms with Crippen molar-refractivity contribution < 1.29 is 4.79 Å². The smallest absolute Gasteiger partial charge is 0.253 e. The van der Waals surface area contributed by atoms with Gasteiger partial charge in [0.15, 0.2) is 0 Å². The third-order valence-electron chi connectivity index (χ3n) is 6.55. The summed E-state index contributed by atoms with van der Waals surface area (Å²) in [5, 5.41) is 4.07. The number of hydrogen-bond donors (Lipinski definition) is 2. The molecule has 0 bridgehead atoms.